The maximum Gasteiger partial charge on any atom is 0.0701 e. The van der Waals surface area contributed by atoms with Crippen molar-refractivity contribution in [2.24, 2.45) is 0 Å². The van der Waals surface area contributed by atoms with Crippen LogP contribution in [-0.2, 0) is 4.74 Å². The van der Waals surface area contributed by atoms with Gasteiger partial charge in [0.15, 0.2) is 0 Å². The Morgan fingerprint density at radius 1 is 1.20 bits per heavy atom. The summed E-state index contributed by atoms with van der Waals surface area (Å²) in [5, 5.41) is 12.8. The van der Waals surface area contributed by atoms with Crippen LogP contribution in [0.2, 0.25) is 0 Å². The van der Waals surface area contributed by atoms with Crippen LogP contribution in [0.3, 0.4) is 0 Å². The second-order valence-corrected chi connectivity index (χ2v) is 1.50. The molecular formula is C6H18N2O2. The minimum atomic E-state index is 0.889. The van der Waals surface area contributed by atoms with Crippen LogP contribution in [0.5, 0.6) is 0 Å². The summed E-state index contributed by atoms with van der Waals surface area (Å²) >= 11 is 0. The molecule has 0 aromatic carbocycles. The number of ether oxygens (including phenoxy) is 1. The lowest BCUT2D eigenvalue weighted by Gasteiger charge is -1.88. The number of epoxide rings is 1. The lowest BCUT2D eigenvalue weighted by Crippen LogP contribution is -2.21. The summed E-state index contributed by atoms with van der Waals surface area (Å²) in [6, 6.07) is 0. The van der Waals surface area contributed by atoms with Crippen molar-refractivity contribution >= 4 is 0 Å². The van der Waals surface area contributed by atoms with Crippen LogP contribution in [0.25, 0.3) is 0 Å². The van der Waals surface area contributed by atoms with Gasteiger partial charge in [-0.1, -0.05) is 0 Å². The minimum Gasteiger partial charge on any atom is -0.400 e. The third-order valence-electron chi connectivity index (χ3n) is 0.558. The maximum absolute atomic E-state index is 7.00. The molecule has 0 aliphatic carbocycles. The predicted octanol–water partition coefficient (Wildman–Crippen LogP) is -0.992. The van der Waals surface area contributed by atoms with E-state index in [0.29, 0.717) is 0 Å². The Morgan fingerprint density at radius 2 is 1.50 bits per heavy atom. The van der Waals surface area contributed by atoms with Gasteiger partial charge in [-0.2, -0.15) is 0 Å². The van der Waals surface area contributed by atoms with Gasteiger partial charge in [0.1, 0.15) is 0 Å². The van der Waals surface area contributed by atoms with Gasteiger partial charge in [-0.15, -0.1) is 0 Å². The lowest BCUT2D eigenvalue weighted by atomic mass is 11.0. The molecular weight excluding hydrogens is 132 g/mol. The fourth-order valence-corrected chi connectivity index (χ4v) is 0.177. The van der Waals surface area contributed by atoms with Crippen molar-refractivity contribution in [2.45, 2.75) is 0 Å². The highest BCUT2D eigenvalue weighted by Crippen LogP contribution is 1.84. The summed E-state index contributed by atoms with van der Waals surface area (Å²) in [6.07, 6.45) is 0. The van der Waals surface area contributed by atoms with Gasteiger partial charge in [-0.25, -0.2) is 0 Å². The fraction of sp³-hybridized carbons (Fsp3) is 1.00. The van der Waals surface area contributed by atoms with E-state index in [1.54, 1.807) is 0 Å². The summed E-state index contributed by atoms with van der Waals surface area (Å²) in [4.78, 5) is 0. The molecule has 1 aliphatic heterocycles. The van der Waals surface area contributed by atoms with E-state index >= 15 is 0 Å². The molecule has 10 heavy (non-hydrogen) atoms. The van der Waals surface area contributed by atoms with E-state index in [2.05, 4.69) is 15.4 Å². The smallest absolute Gasteiger partial charge is 0.0701 e. The molecule has 0 aromatic heterocycles. The summed E-state index contributed by atoms with van der Waals surface area (Å²) in [6.45, 7) is 2.89. The van der Waals surface area contributed by atoms with E-state index in [0.717, 1.165) is 27.0 Å². The molecule has 1 heterocycles. The molecule has 0 saturated carbocycles. The number of hydrogen-bond donors (Lipinski definition) is 3. The van der Waals surface area contributed by atoms with Crippen molar-refractivity contribution < 1.29 is 9.84 Å². The standard InChI is InChI=1S/C3H10N2.C2H4O.CH4O/c1-4-3-5-2;1-2-3-1;1-2/h4-5H,3H2,1-2H3;1-2H2;2H,1H3. The molecule has 0 radical (unpaired) electrons. The molecule has 1 aliphatic rings. The van der Waals surface area contributed by atoms with E-state index in [9.17, 15) is 0 Å². The van der Waals surface area contributed by atoms with Crippen molar-refractivity contribution in [1.29, 1.82) is 0 Å². The summed E-state index contributed by atoms with van der Waals surface area (Å²) in [5.74, 6) is 0. The Bertz CT molecular complexity index is 38.0. The van der Waals surface area contributed by atoms with Crippen molar-refractivity contribution in [1.82, 2.24) is 10.6 Å². The first-order chi connectivity index (χ1) is 4.91. The van der Waals surface area contributed by atoms with E-state index in [-0.39, 0.29) is 0 Å². The Morgan fingerprint density at radius 3 is 1.50 bits per heavy atom. The number of nitrogens with one attached hydrogen (secondary N) is 2. The van der Waals surface area contributed by atoms with Gasteiger partial charge in [0, 0.05) is 13.8 Å². The average Bonchev–Trinajstić information content (AvgIpc) is 2.79. The van der Waals surface area contributed by atoms with Crippen molar-refractivity contribution in [3.8, 4) is 0 Å². The SMILES string of the molecule is C1CO1.CNCNC.CO. The average molecular weight is 150 g/mol. The number of aliphatic hydroxyl groups is 1. The quantitative estimate of drug-likeness (QED) is 0.349. The van der Waals surface area contributed by atoms with Gasteiger partial charge >= 0.3 is 0 Å². The van der Waals surface area contributed by atoms with Crippen LogP contribution in [0.4, 0.5) is 0 Å². The normalized spacial score (nSPS) is 12.0. The first-order valence-electron chi connectivity index (χ1n) is 3.23. The molecule has 4 nitrogen and oxygen atoms in total. The summed E-state index contributed by atoms with van der Waals surface area (Å²) in [5.41, 5.74) is 0. The Kier molecular flexibility index (Phi) is 19.9. The molecule has 0 spiro atoms. The van der Waals surface area contributed by atoms with Crippen molar-refractivity contribution in [3.05, 3.63) is 0 Å². The maximum atomic E-state index is 7.00. The first kappa shape index (κ1) is 12.5. The van der Waals surface area contributed by atoms with Gasteiger partial charge in [0.25, 0.3) is 0 Å². The van der Waals surface area contributed by atoms with Crippen LogP contribution in [0.15, 0.2) is 0 Å². The van der Waals surface area contributed by atoms with Crippen LogP contribution in [0, 0.1) is 0 Å². The molecule has 64 valence electrons. The van der Waals surface area contributed by atoms with E-state index in [4.69, 9.17) is 5.11 Å². The van der Waals surface area contributed by atoms with Crippen LogP contribution in [-0.4, -0.2) is 46.2 Å². The highest BCUT2D eigenvalue weighted by atomic mass is 16.6. The summed E-state index contributed by atoms with van der Waals surface area (Å²) in [7, 11) is 4.80. The predicted molar refractivity (Wildman–Crippen MR) is 41.9 cm³/mol. The zero-order valence-corrected chi connectivity index (χ0v) is 6.98. The number of hydrogen-bond acceptors (Lipinski definition) is 4. The lowest BCUT2D eigenvalue weighted by molar-refractivity contribution is 0.399. The molecule has 4 heteroatoms. The van der Waals surface area contributed by atoms with Crippen LogP contribution < -0.4 is 10.6 Å². The zero-order valence-electron chi connectivity index (χ0n) is 6.98. The third-order valence-corrected chi connectivity index (χ3v) is 0.558. The molecule has 1 rings (SSSR count). The second-order valence-electron chi connectivity index (χ2n) is 1.50. The monoisotopic (exact) mass is 150 g/mol. The van der Waals surface area contributed by atoms with Gasteiger partial charge in [-0.3, -0.25) is 0 Å². The molecule has 0 amide bonds. The molecule has 0 unspecified atom stereocenters. The van der Waals surface area contributed by atoms with E-state index in [1.807, 2.05) is 14.1 Å². The molecule has 0 atom stereocenters. The molecule has 1 fully saturated rings. The van der Waals surface area contributed by atoms with Gasteiger partial charge < -0.3 is 20.5 Å². The highest BCUT2D eigenvalue weighted by molar-refractivity contribution is 4.36. The van der Waals surface area contributed by atoms with Crippen LogP contribution >= 0.6 is 0 Å². The van der Waals surface area contributed by atoms with Gasteiger partial charge in [0.05, 0.1) is 13.2 Å². The first-order valence-corrected chi connectivity index (χ1v) is 3.23. The van der Waals surface area contributed by atoms with E-state index < -0.39 is 0 Å². The molecule has 0 aromatic rings. The third kappa shape index (κ3) is 45.5. The Balaban J connectivity index is 0. The minimum absolute atomic E-state index is 0.889. The molecule has 3 N–H and O–H groups in total. The van der Waals surface area contributed by atoms with Gasteiger partial charge in [0.2, 0.25) is 0 Å². The Labute approximate surface area is 62.6 Å². The number of rotatable bonds is 2. The largest absolute Gasteiger partial charge is 0.400 e. The zero-order chi connectivity index (χ0) is 8.24. The van der Waals surface area contributed by atoms with Crippen molar-refractivity contribution in [2.75, 3.05) is 41.1 Å². The van der Waals surface area contributed by atoms with Crippen molar-refractivity contribution in [3.63, 3.8) is 0 Å². The Hall–Kier alpha value is -0.160. The molecule has 0 bridgehead atoms. The van der Waals surface area contributed by atoms with E-state index in [1.165, 1.54) is 0 Å². The second kappa shape index (κ2) is 15.9. The topological polar surface area (TPSA) is 56.8 Å². The highest BCUT2D eigenvalue weighted by Gasteiger charge is 1.94. The summed E-state index contributed by atoms with van der Waals surface area (Å²) < 4.78 is 4.50. The van der Waals surface area contributed by atoms with Crippen LogP contribution in [0.1, 0.15) is 0 Å². The molecule has 1 saturated heterocycles. The fourth-order valence-electron chi connectivity index (χ4n) is 0.177. The number of aliphatic hydroxyl groups excluding tert-OH is 1. The van der Waals surface area contributed by atoms with Gasteiger partial charge in [-0.05, 0) is 14.1 Å².